The van der Waals surface area contributed by atoms with E-state index in [1.165, 1.54) is 0 Å². The van der Waals surface area contributed by atoms with Gasteiger partial charge in [0.2, 0.25) is 0 Å². The Balaban J connectivity index is 2.15. The largest absolute Gasteiger partial charge is 0.496 e. The lowest BCUT2D eigenvalue weighted by Gasteiger charge is -2.22. The smallest absolute Gasteiger partial charge is 0.320 e. The van der Waals surface area contributed by atoms with Crippen molar-refractivity contribution in [1.29, 1.82) is 0 Å². The highest BCUT2D eigenvalue weighted by molar-refractivity contribution is 5.91. The van der Waals surface area contributed by atoms with Gasteiger partial charge in [0.25, 0.3) is 0 Å². The van der Waals surface area contributed by atoms with E-state index in [2.05, 4.69) is 26.1 Å². The third-order valence-corrected chi connectivity index (χ3v) is 4.21. The maximum atomic E-state index is 11.5. The van der Waals surface area contributed by atoms with Crippen LogP contribution in [0.2, 0.25) is 0 Å². The highest BCUT2D eigenvalue weighted by atomic mass is 16.5. The Morgan fingerprint density at radius 2 is 1.83 bits per heavy atom. The highest BCUT2D eigenvalue weighted by Crippen LogP contribution is 2.28. The fraction of sp³-hybridized carbons (Fsp3) is 0.450. The zero-order chi connectivity index (χ0) is 17.7. The van der Waals surface area contributed by atoms with E-state index in [4.69, 9.17) is 4.74 Å². The number of rotatable bonds is 7. The molecule has 2 rings (SSSR count). The zero-order valence-corrected chi connectivity index (χ0v) is 14.9. The molecule has 0 bridgehead atoms. The lowest BCUT2D eigenvalue weighted by atomic mass is 9.88. The summed E-state index contributed by atoms with van der Waals surface area (Å²) in [5.74, 6) is 0.0361. The first-order valence-corrected chi connectivity index (χ1v) is 8.32. The molecule has 0 saturated carbocycles. The minimum absolute atomic E-state index is 0.127. The van der Waals surface area contributed by atoms with Crippen LogP contribution in [0.25, 0.3) is 10.8 Å². The summed E-state index contributed by atoms with van der Waals surface area (Å²) in [4.78, 5) is 11.5. The second kappa shape index (κ2) is 7.67. The Hall–Kier alpha value is -2.07. The van der Waals surface area contributed by atoms with Crippen LogP contribution in [-0.2, 0) is 11.3 Å². The molecule has 0 radical (unpaired) electrons. The van der Waals surface area contributed by atoms with E-state index in [9.17, 15) is 9.90 Å². The van der Waals surface area contributed by atoms with Gasteiger partial charge in [0.1, 0.15) is 11.8 Å². The zero-order valence-electron chi connectivity index (χ0n) is 14.9. The Labute approximate surface area is 143 Å². The van der Waals surface area contributed by atoms with Crippen LogP contribution in [0.4, 0.5) is 0 Å². The van der Waals surface area contributed by atoms with Gasteiger partial charge < -0.3 is 15.2 Å². The van der Waals surface area contributed by atoms with Crippen LogP contribution in [-0.4, -0.2) is 24.2 Å². The summed E-state index contributed by atoms with van der Waals surface area (Å²) in [6.07, 6.45) is 1.48. The number of methoxy groups -OCH3 is 1. The van der Waals surface area contributed by atoms with Crippen LogP contribution >= 0.6 is 0 Å². The van der Waals surface area contributed by atoms with Gasteiger partial charge in [-0.3, -0.25) is 4.79 Å². The number of hydrogen-bond acceptors (Lipinski definition) is 3. The molecule has 0 heterocycles. The number of ether oxygens (including phenoxy) is 1. The quantitative estimate of drug-likeness (QED) is 0.798. The molecule has 130 valence electrons. The van der Waals surface area contributed by atoms with E-state index < -0.39 is 12.0 Å². The van der Waals surface area contributed by atoms with Crippen LogP contribution in [0.5, 0.6) is 5.75 Å². The van der Waals surface area contributed by atoms with Gasteiger partial charge in [0.15, 0.2) is 0 Å². The van der Waals surface area contributed by atoms with E-state index in [-0.39, 0.29) is 5.41 Å². The molecule has 2 N–H and O–H groups in total. The van der Waals surface area contributed by atoms with Gasteiger partial charge in [0.05, 0.1) is 7.11 Å². The fourth-order valence-electron chi connectivity index (χ4n) is 2.79. The molecular formula is C20H27NO3. The van der Waals surface area contributed by atoms with E-state index in [0.717, 1.165) is 28.5 Å². The normalized spacial score (nSPS) is 13.0. The summed E-state index contributed by atoms with van der Waals surface area (Å²) in [6.45, 7) is 6.90. The predicted octanol–water partition coefficient (Wildman–Crippen LogP) is 4.22. The topological polar surface area (TPSA) is 58.6 Å². The van der Waals surface area contributed by atoms with Crippen LogP contribution in [0, 0.1) is 5.41 Å². The monoisotopic (exact) mass is 329 g/mol. The van der Waals surface area contributed by atoms with Crippen molar-refractivity contribution in [3.8, 4) is 5.75 Å². The molecule has 4 nitrogen and oxygen atoms in total. The lowest BCUT2D eigenvalue weighted by Crippen LogP contribution is -2.37. The standard InChI is InChI=1S/C20H27NO3/c1-20(2,3)12-11-17(19(22)23)21-13-14-9-10-18(24-4)16-8-6-5-7-15(14)16/h5-10,17,21H,11-13H2,1-4H3,(H,22,23)/t17-/m0/s1. The summed E-state index contributed by atoms with van der Waals surface area (Å²) in [7, 11) is 1.66. The van der Waals surface area contributed by atoms with Crippen molar-refractivity contribution in [3.05, 3.63) is 42.0 Å². The molecule has 0 saturated heterocycles. The molecule has 1 atom stereocenters. The van der Waals surface area contributed by atoms with Crippen LogP contribution < -0.4 is 10.1 Å². The average molecular weight is 329 g/mol. The van der Waals surface area contributed by atoms with Gasteiger partial charge in [-0.1, -0.05) is 51.1 Å². The van der Waals surface area contributed by atoms with Crippen molar-refractivity contribution in [2.24, 2.45) is 5.41 Å². The molecule has 4 heteroatoms. The van der Waals surface area contributed by atoms with Gasteiger partial charge >= 0.3 is 5.97 Å². The fourth-order valence-corrected chi connectivity index (χ4v) is 2.79. The second-order valence-corrected chi connectivity index (χ2v) is 7.34. The maximum Gasteiger partial charge on any atom is 0.320 e. The van der Waals surface area contributed by atoms with Crippen LogP contribution in [0.1, 0.15) is 39.2 Å². The molecule has 0 aliphatic heterocycles. The van der Waals surface area contributed by atoms with Gasteiger partial charge in [-0.15, -0.1) is 0 Å². The molecule has 2 aromatic rings. The summed E-state index contributed by atoms with van der Waals surface area (Å²) in [5, 5.41) is 14.8. The number of fused-ring (bicyclic) bond motifs is 1. The van der Waals surface area contributed by atoms with Gasteiger partial charge in [0, 0.05) is 11.9 Å². The van der Waals surface area contributed by atoms with Crippen molar-refractivity contribution in [3.63, 3.8) is 0 Å². The summed E-state index contributed by atoms with van der Waals surface area (Å²) < 4.78 is 5.41. The third-order valence-electron chi connectivity index (χ3n) is 4.21. The number of nitrogens with one attached hydrogen (secondary N) is 1. The van der Waals surface area contributed by atoms with Crippen molar-refractivity contribution in [2.45, 2.75) is 46.2 Å². The third kappa shape index (κ3) is 4.71. The van der Waals surface area contributed by atoms with Crippen molar-refractivity contribution in [2.75, 3.05) is 7.11 Å². The van der Waals surface area contributed by atoms with Gasteiger partial charge in [-0.25, -0.2) is 0 Å². The Kier molecular flexibility index (Phi) is 5.84. The molecule has 0 aliphatic carbocycles. The number of aliphatic carboxylic acids is 1. The van der Waals surface area contributed by atoms with Gasteiger partial charge in [-0.2, -0.15) is 0 Å². The van der Waals surface area contributed by atoms with Crippen molar-refractivity contribution < 1.29 is 14.6 Å². The maximum absolute atomic E-state index is 11.5. The highest BCUT2D eigenvalue weighted by Gasteiger charge is 2.20. The molecule has 0 aliphatic rings. The molecule has 0 spiro atoms. The van der Waals surface area contributed by atoms with Gasteiger partial charge in [-0.05, 0) is 35.3 Å². The Bertz CT molecular complexity index is 704. The second-order valence-electron chi connectivity index (χ2n) is 7.34. The first kappa shape index (κ1) is 18.3. The predicted molar refractivity (Wildman–Crippen MR) is 97.5 cm³/mol. The minimum atomic E-state index is -0.794. The molecule has 0 unspecified atom stereocenters. The van der Waals surface area contributed by atoms with Crippen LogP contribution in [0.15, 0.2) is 36.4 Å². The van der Waals surface area contributed by atoms with E-state index in [0.29, 0.717) is 13.0 Å². The first-order chi connectivity index (χ1) is 11.3. The van der Waals surface area contributed by atoms with E-state index in [1.54, 1.807) is 7.11 Å². The Morgan fingerprint density at radius 3 is 2.42 bits per heavy atom. The molecule has 0 fully saturated rings. The first-order valence-electron chi connectivity index (χ1n) is 8.32. The van der Waals surface area contributed by atoms with Crippen LogP contribution in [0.3, 0.4) is 0 Å². The molecule has 0 aromatic heterocycles. The number of carbonyl (C=O) groups is 1. The molecular weight excluding hydrogens is 302 g/mol. The number of benzene rings is 2. The lowest BCUT2D eigenvalue weighted by molar-refractivity contribution is -0.139. The summed E-state index contributed by atoms with van der Waals surface area (Å²) >= 11 is 0. The van der Waals surface area contributed by atoms with E-state index >= 15 is 0 Å². The summed E-state index contributed by atoms with van der Waals surface area (Å²) in [6, 6.07) is 11.4. The minimum Gasteiger partial charge on any atom is -0.496 e. The number of carboxylic acid groups (broad SMARTS) is 1. The number of carboxylic acids is 1. The summed E-state index contributed by atoms with van der Waals surface area (Å²) in [5.41, 5.74) is 1.20. The average Bonchev–Trinajstić information content (AvgIpc) is 2.53. The number of hydrogen-bond donors (Lipinski definition) is 2. The van der Waals surface area contributed by atoms with Crippen molar-refractivity contribution >= 4 is 16.7 Å². The molecule has 0 amide bonds. The molecule has 24 heavy (non-hydrogen) atoms. The van der Waals surface area contributed by atoms with Crippen molar-refractivity contribution in [1.82, 2.24) is 5.32 Å². The SMILES string of the molecule is COc1ccc(CN[C@@H](CCC(C)(C)C)C(=O)O)c2ccccc12. The Morgan fingerprint density at radius 1 is 1.17 bits per heavy atom. The van der Waals surface area contributed by atoms with E-state index in [1.807, 2.05) is 36.4 Å². The molecule has 2 aromatic carbocycles.